The van der Waals surface area contributed by atoms with Crippen molar-refractivity contribution in [2.24, 2.45) is 0 Å². The number of nitrogens with zero attached hydrogens (tertiary/aromatic N) is 1. The smallest absolute Gasteiger partial charge is 0.329 e. The van der Waals surface area contributed by atoms with E-state index in [1.54, 1.807) is 6.92 Å². The minimum atomic E-state index is -1.41. The van der Waals surface area contributed by atoms with Crippen LogP contribution in [0.15, 0.2) is 0 Å². The van der Waals surface area contributed by atoms with Crippen LogP contribution >= 0.6 is 12.6 Å². The summed E-state index contributed by atoms with van der Waals surface area (Å²) in [5.74, 6) is -1.46. The predicted octanol–water partition coefficient (Wildman–Crippen LogP) is -0.371. The molecule has 0 saturated heterocycles. The number of hydrogen-bond donors (Lipinski definition) is 2. The van der Waals surface area contributed by atoms with Crippen molar-refractivity contribution >= 4 is 24.5 Å². The number of thiol groups is 1. The summed E-state index contributed by atoms with van der Waals surface area (Å²) < 4.78 is 4.66. The second kappa shape index (κ2) is 7.04. The highest BCUT2D eigenvalue weighted by atomic mass is 32.1. The highest BCUT2D eigenvalue weighted by molar-refractivity contribution is 7.80. The van der Waals surface area contributed by atoms with Crippen LogP contribution in [0.5, 0.6) is 0 Å². The van der Waals surface area contributed by atoms with Gasteiger partial charge in [-0.25, -0.2) is 4.79 Å². The number of nitro groups is 1. The van der Waals surface area contributed by atoms with Crippen molar-refractivity contribution in [1.82, 2.24) is 5.32 Å². The molecule has 0 aliphatic carbocycles. The van der Waals surface area contributed by atoms with E-state index in [2.05, 4.69) is 22.7 Å². The Hall–Kier alpha value is -1.31. The van der Waals surface area contributed by atoms with Gasteiger partial charge < -0.3 is 10.1 Å². The summed E-state index contributed by atoms with van der Waals surface area (Å²) in [6, 6.07) is -2.37. The van der Waals surface area contributed by atoms with Crippen LogP contribution in [-0.2, 0) is 14.3 Å². The molecule has 0 aliphatic heterocycles. The number of ether oxygens (including phenoxy) is 1. The second-order valence-corrected chi connectivity index (χ2v) is 3.32. The molecule has 1 N–H and O–H groups in total. The molecule has 16 heavy (non-hydrogen) atoms. The molecule has 1 amide bonds. The van der Waals surface area contributed by atoms with Crippen molar-refractivity contribution in [1.29, 1.82) is 0 Å². The molecule has 0 spiro atoms. The second-order valence-electron chi connectivity index (χ2n) is 2.96. The van der Waals surface area contributed by atoms with Crippen molar-refractivity contribution in [3.05, 3.63) is 10.1 Å². The van der Waals surface area contributed by atoms with E-state index in [-0.39, 0.29) is 12.4 Å². The van der Waals surface area contributed by atoms with Crippen molar-refractivity contribution in [3.8, 4) is 0 Å². The van der Waals surface area contributed by atoms with E-state index < -0.39 is 28.9 Å². The number of carbonyl (C=O) groups excluding carboxylic acids is 2. The minimum Gasteiger partial charge on any atom is -0.464 e. The Kier molecular flexibility index (Phi) is 6.47. The molecule has 0 rings (SSSR count). The van der Waals surface area contributed by atoms with Gasteiger partial charge in [0.2, 0.25) is 0 Å². The fourth-order valence-corrected chi connectivity index (χ4v) is 1.05. The fraction of sp³-hybridized carbons (Fsp3) is 0.750. The lowest BCUT2D eigenvalue weighted by atomic mass is 10.3. The summed E-state index contributed by atoms with van der Waals surface area (Å²) >= 11 is 3.86. The van der Waals surface area contributed by atoms with Gasteiger partial charge in [0.05, 0.1) is 6.61 Å². The Morgan fingerprint density at radius 3 is 2.50 bits per heavy atom. The molecule has 0 heterocycles. The SMILES string of the molecule is CCOC(=O)[C@H](CS)NC(=O)C(C)[N+](=O)[O-]. The molecule has 8 heteroatoms. The summed E-state index contributed by atoms with van der Waals surface area (Å²) in [6.07, 6.45) is 0. The predicted molar refractivity (Wildman–Crippen MR) is 58.9 cm³/mol. The molecule has 0 aromatic heterocycles. The first-order valence-electron chi connectivity index (χ1n) is 4.65. The van der Waals surface area contributed by atoms with E-state index in [1.165, 1.54) is 0 Å². The average molecular weight is 250 g/mol. The zero-order valence-electron chi connectivity index (χ0n) is 9.00. The van der Waals surface area contributed by atoms with Gasteiger partial charge in [-0.15, -0.1) is 0 Å². The zero-order chi connectivity index (χ0) is 12.7. The molecule has 2 atom stereocenters. The molecule has 0 saturated carbocycles. The molecular weight excluding hydrogens is 236 g/mol. The van der Waals surface area contributed by atoms with Gasteiger partial charge in [0.1, 0.15) is 6.04 Å². The summed E-state index contributed by atoms with van der Waals surface area (Å²) in [5, 5.41) is 12.5. The fourth-order valence-electron chi connectivity index (χ4n) is 0.810. The largest absolute Gasteiger partial charge is 0.464 e. The first-order valence-corrected chi connectivity index (χ1v) is 5.28. The number of nitrogens with one attached hydrogen (secondary N) is 1. The van der Waals surface area contributed by atoms with Crippen LogP contribution in [0.25, 0.3) is 0 Å². The molecule has 0 aromatic carbocycles. The molecule has 0 aliphatic rings. The Labute approximate surface area is 98.1 Å². The van der Waals surface area contributed by atoms with E-state index in [0.717, 1.165) is 6.92 Å². The number of hydrogen-bond acceptors (Lipinski definition) is 6. The normalized spacial score (nSPS) is 13.7. The molecule has 0 radical (unpaired) electrons. The van der Waals surface area contributed by atoms with Crippen LogP contribution in [0.4, 0.5) is 0 Å². The van der Waals surface area contributed by atoms with Crippen molar-refractivity contribution in [2.45, 2.75) is 25.9 Å². The standard InChI is InChI=1S/C8H14N2O5S/c1-3-15-8(12)6(4-16)9-7(11)5(2)10(13)14/h5-6,16H,3-4H2,1-2H3,(H,9,11)/t5?,6-/m0/s1. The van der Waals surface area contributed by atoms with Crippen molar-refractivity contribution in [2.75, 3.05) is 12.4 Å². The quantitative estimate of drug-likeness (QED) is 0.290. The molecule has 92 valence electrons. The number of amides is 1. The zero-order valence-corrected chi connectivity index (χ0v) is 9.90. The van der Waals surface area contributed by atoms with Crippen LogP contribution in [0, 0.1) is 10.1 Å². The van der Waals surface area contributed by atoms with E-state index in [4.69, 9.17) is 0 Å². The van der Waals surface area contributed by atoms with Crippen LogP contribution in [-0.4, -0.2) is 41.2 Å². The lowest BCUT2D eigenvalue weighted by molar-refractivity contribution is -0.503. The third-order valence-corrected chi connectivity index (χ3v) is 2.13. The lowest BCUT2D eigenvalue weighted by Gasteiger charge is -2.15. The lowest BCUT2D eigenvalue weighted by Crippen LogP contribution is -2.48. The van der Waals surface area contributed by atoms with E-state index in [9.17, 15) is 19.7 Å². The van der Waals surface area contributed by atoms with Gasteiger partial charge in [-0.1, -0.05) is 0 Å². The monoisotopic (exact) mass is 250 g/mol. The minimum absolute atomic E-state index is 0.0228. The number of carbonyl (C=O) groups is 2. The van der Waals surface area contributed by atoms with Gasteiger partial charge in [-0.05, 0) is 6.92 Å². The van der Waals surface area contributed by atoms with E-state index in [0.29, 0.717) is 0 Å². The first kappa shape index (κ1) is 14.7. The van der Waals surface area contributed by atoms with Crippen molar-refractivity contribution in [3.63, 3.8) is 0 Å². The van der Waals surface area contributed by atoms with Crippen molar-refractivity contribution < 1.29 is 19.2 Å². The Morgan fingerprint density at radius 2 is 2.12 bits per heavy atom. The van der Waals surface area contributed by atoms with Crippen LogP contribution in [0.3, 0.4) is 0 Å². The summed E-state index contributed by atoms with van der Waals surface area (Å²) in [5.41, 5.74) is 0. The molecule has 7 nitrogen and oxygen atoms in total. The first-order chi connectivity index (χ1) is 7.43. The third-order valence-electron chi connectivity index (χ3n) is 1.77. The van der Waals surface area contributed by atoms with Crippen LogP contribution in [0.1, 0.15) is 13.8 Å². The van der Waals surface area contributed by atoms with E-state index >= 15 is 0 Å². The van der Waals surface area contributed by atoms with Gasteiger partial charge in [0.25, 0.3) is 11.9 Å². The Bertz CT molecular complexity index is 284. The summed E-state index contributed by atoms with van der Waals surface area (Å²) in [7, 11) is 0. The van der Waals surface area contributed by atoms with Crippen LogP contribution in [0.2, 0.25) is 0 Å². The maximum atomic E-state index is 11.3. The molecule has 0 aromatic rings. The maximum absolute atomic E-state index is 11.3. The maximum Gasteiger partial charge on any atom is 0.329 e. The molecular formula is C8H14N2O5S. The number of rotatable bonds is 6. The molecule has 1 unspecified atom stereocenters. The number of esters is 1. The Balaban J connectivity index is 4.37. The van der Waals surface area contributed by atoms with Gasteiger partial charge in [0, 0.05) is 17.6 Å². The Morgan fingerprint density at radius 1 is 1.56 bits per heavy atom. The highest BCUT2D eigenvalue weighted by Gasteiger charge is 2.28. The van der Waals surface area contributed by atoms with Crippen LogP contribution < -0.4 is 5.32 Å². The highest BCUT2D eigenvalue weighted by Crippen LogP contribution is 1.96. The average Bonchev–Trinajstić information content (AvgIpc) is 2.24. The van der Waals surface area contributed by atoms with Gasteiger partial charge in [-0.3, -0.25) is 14.9 Å². The van der Waals surface area contributed by atoms with Gasteiger partial charge >= 0.3 is 5.97 Å². The van der Waals surface area contributed by atoms with E-state index in [1.807, 2.05) is 0 Å². The summed E-state index contributed by atoms with van der Waals surface area (Å²) in [6.45, 7) is 2.93. The molecule has 0 bridgehead atoms. The summed E-state index contributed by atoms with van der Waals surface area (Å²) in [4.78, 5) is 32.1. The topological polar surface area (TPSA) is 98.5 Å². The van der Waals surface area contributed by atoms with Gasteiger partial charge in [-0.2, -0.15) is 12.6 Å². The van der Waals surface area contributed by atoms with Gasteiger partial charge in [0.15, 0.2) is 0 Å². The molecule has 0 fully saturated rings. The third kappa shape index (κ3) is 4.47.